The molecule has 2 aliphatic heterocycles. The van der Waals surface area contributed by atoms with Crippen LogP contribution in [0, 0.1) is 69.2 Å². The third-order valence-corrected chi connectivity index (χ3v) is 16.1. The van der Waals surface area contributed by atoms with Crippen LogP contribution in [0.4, 0.5) is 34.1 Å². The standard InChI is InChI=1S/C70H61BN2/c1-42-17-11-18-43(2)65(42)52-29-33-57(34-30-52)72-61-36-32-54(67-46(5)21-13-22-47(67)6)38-60(61)71-59-35-31-55(68-48(7)23-14-24-49(68)8)39-62(59)73(58-28-16-27-53(37-58)66-44(3)19-12-20-45(66)4)64-41-56(40-63(72)70(64)71)69-50(9)25-15-26-51(69)10/h11-41H,1-10H3. The van der Waals surface area contributed by atoms with Gasteiger partial charge in [0.2, 0.25) is 0 Å². The van der Waals surface area contributed by atoms with Crippen LogP contribution in [0.2, 0.25) is 0 Å². The second kappa shape index (κ2) is 17.9. The molecule has 0 N–H and O–H groups in total. The highest BCUT2D eigenvalue weighted by atomic mass is 15.2. The van der Waals surface area contributed by atoms with Gasteiger partial charge in [0.05, 0.1) is 0 Å². The second-order valence-corrected chi connectivity index (χ2v) is 21.0. The molecular formula is C70H61BN2. The molecule has 0 aromatic heterocycles. The molecule has 0 fully saturated rings. The van der Waals surface area contributed by atoms with Gasteiger partial charge >= 0.3 is 0 Å². The molecule has 354 valence electrons. The highest BCUT2D eigenvalue weighted by molar-refractivity contribution is 7.00. The number of hydrogen-bond acceptors (Lipinski definition) is 2. The second-order valence-electron chi connectivity index (χ2n) is 21.0. The smallest absolute Gasteiger partial charge is 0.252 e. The molecule has 0 saturated heterocycles. The van der Waals surface area contributed by atoms with Crippen molar-refractivity contribution < 1.29 is 0 Å². The molecule has 0 saturated carbocycles. The molecule has 0 amide bonds. The monoisotopic (exact) mass is 940 g/mol. The molecule has 0 unspecified atom stereocenters. The van der Waals surface area contributed by atoms with Crippen LogP contribution < -0.4 is 26.2 Å². The van der Waals surface area contributed by atoms with Crippen molar-refractivity contribution in [2.24, 2.45) is 0 Å². The lowest BCUT2D eigenvalue weighted by Gasteiger charge is -2.45. The lowest BCUT2D eigenvalue weighted by atomic mass is 9.33. The van der Waals surface area contributed by atoms with E-state index in [4.69, 9.17) is 0 Å². The predicted molar refractivity (Wildman–Crippen MR) is 315 cm³/mol. The number of nitrogens with zero attached hydrogens (tertiary/aromatic N) is 2. The summed E-state index contributed by atoms with van der Waals surface area (Å²) in [6.45, 7) is 22.4. The molecule has 10 aromatic carbocycles. The van der Waals surface area contributed by atoms with E-state index in [0.717, 1.165) is 11.4 Å². The molecule has 2 nitrogen and oxygen atoms in total. The van der Waals surface area contributed by atoms with Gasteiger partial charge < -0.3 is 9.80 Å². The van der Waals surface area contributed by atoms with E-state index in [9.17, 15) is 0 Å². The Morgan fingerprint density at radius 1 is 0.247 bits per heavy atom. The molecule has 2 heterocycles. The van der Waals surface area contributed by atoms with E-state index in [1.807, 2.05) is 0 Å². The molecule has 3 heteroatoms. The topological polar surface area (TPSA) is 6.48 Å². The fourth-order valence-corrected chi connectivity index (χ4v) is 12.9. The number of aryl methyl sites for hydroxylation is 10. The maximum Gasteiger partial charge on any atom is 0.252 e. The Kier molecular flexibility index (Phi) is 11.2. The average molecular weight is 941 g/mol. The molecule has 12 rings (SSSR count). The summed E-state index contributed by atoms with van der Waals surface area (Å²) in [4.78, 5) is 5.19. The highest BCUT2D eigenvalue weighted by Crippen LogP contribution is 2.49. The normalized spacial score (nSPS) is 12.4. The summed E-state index contributed by atoms with van der Waals surface area (Å²) >= 11 is 0. The Morgan fingerprint density at radius 2 is 0.603 bits per heavy atom. The van der Waals surface area contributed by atoms with Gasteiger partial charge in [0.15, 0.2) is 0 Å². The van der Waals surface area contributed by atoms with Crippen molar-refractivity contribution in [2.45, 2.75) is 69.2 Å². The van der Waals surface area contributed by atoms with Crippen molar-refractivity contribution in [2.75, 3.05) is 9.80 Å². The van der Waals surface area contributed by atoms with Crippen LogP contribution in [-0.2, 0) is 0 Å². The number of anilines is 6. The molecule has 73 heavy (non-hydrogen) atoms. The van der Waals surface area contributed by atoms with Crippen molar-refractivity contribution in [3.05, 3.63) is 244 Å². The molecule has 0 spiro atoms. The lowest BCUT2D eigenvalue weighted by Crippen LogP contribution is -2.61. The first kappa shape index (κ1) is 46.0. The van der Waals surface area contributed by atoms with Crippen LogP contribution in [0.3, 0.4) is 0 Å². The van der Waals surface area contributed by atoms with E-state index in [-0.39, 0.29) is 6.71 Å². The first-order valence-corrected chi connectivity index (χ1v) is 26.0. The quantitative estimate of drug-likeness (QED) is 0.147. The summed E-state index contributed by atoms with van der Waals surface area (Å²) < 4.78 is 0. The number of hydrogen-bond donors (Lipinski definition) is 0. The fraction of sp³-hybridized carbons (Fsp3) is 0.143. The zero-order chi connectivity index (χ0) is 50.4. The Labute approximate surface area is 433 Å². The van der Waals surface area contributed by atoms with Crippen LogP contribution in [-0.4, -0.2) is 6.71 Å². The number of benzene rings is 10. The maximum absolute atomic E-state index is 2.61. The SMILES string of the molecule is Cc1cccc(C)c1-c1ccc(N2c3ccc(-c4c(C)cccc4C)cc3B3c4ccc(-c5c(C)cccc5C)cc4N(c4cccc(-c5c(C)cccc5C)c4)c4cc(-c5c(C)cccc5C)cc2c43)cc1. The Bertz CT molecular complexity index is 3770. The summed E-state index contributed by atoms with van der Waals surface area (Å²) in [5.41, 5.74) is 36.4. The fourth-order valence-electron chi connectivity index (χ4n) is 12.9. The van der Waals surface area contributed by atoms with Gasteiger partial charge in [-0.1, -0.05) is 140 Å². The minimum absolute atomic E-state index is 0.0681. The predicted octanol–water partition coefficient (Wildman–Crippen LogP) is 17.2. The highest BCUT2D eigenvalue weighted by Gasteiger charge is 2.44. The van der Waals surface area contributed by atoms with E-state index in [1.165, 1.54) is 150 Å². The zero-order valence-corrected chi connectivity index (χ0v) is 43.9. The van der Waals surface area contributed by atoms with Crippen molar-refractivity contribution >= 4 is 57.2 Å². The van der Waals surface area contributed by atoms with Crippen LogP contribution in [0.1, 0.15) is 55.6 Å². The van der Waals surface area contributed by atoms with E-state index < -0.39 is 0 Å². The van der Waals surface area contributed by atoms with Crippen molar-refractivity contribution in [1.82, 2.24) is 0 Å². The summed E-state index contributed by atoms with van der Waals surface area (Å²) in [6, 6.07) is 71.7. The minimum atomic E-state index is -0.0681. The summed E-state index contributed by atoms with van der Waals surface area (Å²) in [5, 5.41) is 0. The van der Waals surface area contributed by atoms with E-state index in [1.54, 1.807) is 0 Å². The summed E-state index contributed by atoms with van der Waals surface area (Å²) in [7, 11) is 0. The van der Waals surface area contributed by atoms with Gasteiger partial charge in [0.1, 0.15) is 0 Å². The molecule has 10 aromatic rings. The molecule has 0 bridgehead atoms. The maximum atomic E-state index is 2.61. The Morgan fingerprint density at radius 3 is 1.08 bits per heavy atom. The molecule has 0 atom stereocenters. The van der Waals surface area contributed by atoms with Gasteiger partial charge in [-0.05, 0) is 245 Å². The van der Waals surface area contributed by atoms with Crippen LogP contribution in [0.25, 0.3) is 55.6 Å². The molecule has 0 radical (unpaired) electrons. The van der Waals surface area contributed by atoms with Gasteiger partial charge in [-0.15, -0.1) is 0 Å². The van der Waals surface area contributed by atoms with Crippen LogP contribution in [0.5, 0.6) is 0 Å². The number of fused-ring (bicyclic) bond motifs is 4. The number of rotatable bonds is 7. The van der Waals surface area contributed by atoms with Gasteiger partial charge in [-0.2, -0.15) is 0 Å². The summed E-state index contributed by atoms with van der Waals surface area (Å²) in [6.07, 6.45) is 0. The summed E-state index contributed by atoms with van der Waals surface area (Å²) in [5.74, 6) is 0. The third kappa shape index (κ3) is 7.56. The molecule has 2 aliphatic rings. The van der Waals surface area contributed by atoms with Gasteiger partial charge in [-0.25, -0.2) is 0 Å². The van der Waals surface area contributed by atoms with Crippen LogP contribution in [0.15, 0.2) is 188 Å². The van der Waals surface area contributed by atoms with Crippen molar-refractivity contribution in [3.8, 4) is 55.6 Å². The van der Waals surface area contributed by atoms with E-state index in [0.29, 0.717) is 0 Å². The Hall–Kier alpha value is -8.14. The largest absolute Gasteiger partial charge is 0.311 e. The lowest BCUT2D eigenvalue weighted by molar-refractivity contribution is 1.25. The van der Waals surface area contributed by atoms with Crippen molar-refractivity contribution in [1.29, 1.82) is 0 Å². The molecular weight excluding hydrogens is 880 g/mol. The first-order valence-electron chi connectivity index (χ1n) is 26.0. The van der Waals surface area contributed by atoms with Crippen LogP contribution >= 0.6 is 0 Å². The molecule has 0 aliphatic carbocycles. The zero-order valence-electron chi connectivity index (χ0n) is 43.9. The van der Waals surface area contributed by atoms with Gasteiger partial charge in [-0.3, -0.25) is 0 Å². The average Bonchev–Trinajstić information content (AvgIpc) is 3.36. The van der Waals surface area contributed by atoms with Gasteiger partial charge in [0.25, 0.3) is 6.71 Å². The van der Waals surface area contributed by atoms with Gasteiger partial charge in [0, 0.05) is 34.1 Å². The van der Waals surface area contributed by atoms with Crippen molar-refractivity contribution in [3.63, 3.8) is 0 Å². The van der Waals surface area contributed by atoms with E-state index >= 15 is 0 Å². The van der Waals surface area contributed by atoms with E-state index in [2.05, 4.69) is 267 Å². The minimum Gasteiger partial charge on any atom is -0.311 e. The Balaban J connectivity index is 1.20. The third-order valence-electron chi connectivity index (χ3n) is 16.1. The first-order chi connectivity index (χ1) is 35.4.